The first kappa shape index (κ1) is 24.4. The fourth-order valence-electron chi connectivity index (χ4n) is 3.12. The summed E-state index contributed by atoms with van der Waals surface area (Å²) >= 11 is 6.22. The van der Waals surface area contributed by atoms with E-state index in [4.69, 9.17) is 26.8 Å². The predicted octanol–water partition coefficient (Wildman–Crippen LogP) is 5.95. The minimum absolute atomic E-state index is 0.153. The van der Waals surface area contributed by atoms with Gasteiger partial charge in [-0.3, -0.25) is 0 Å². The minimum Gasteiger partial charge on any atom is -0.479 e. The molecule has 3 N–H and O–H groups in total. The average Bonchev–Trinajstić information content (AvgIpc) is 2.78. The topological polar surface area (TPSA) is 94.7 Å². The number of carboxylic acid groups (broad SMARTS) is 1. The van der Waals surface area contributed by atoms with Crippen LogP contribution in [0.1, 0.15) is 31.7 Å². The fourth-order valence-corrected chi connectivity index (χ4v) is 3.35. The van der Waals surface area contributed by atoms with Crippen molar-refractivity contribution in [2.75, 3.05) is 0 Å². The number of aliphatic carboxylic acids is 1. The lowest BCUT2D eigenvalue weighted by Crippen LogP contribution is -2.27. The zero-order chi connectivity index (χ0) is 24.0. The number of aromatic nitrogens is 1. The van der Waals surface area contributed by atoms with Crippen molar-refractivity contribution in [1.82, 2.24) is 4.98 Å². The van der Waals surface area contributed by atoms with Gasteiger partial charge >= 0.3 is 5.97 Å². The third-order valence-electron chi connectivity index (χ3n) is 4.80. The van der Waals surface area contributed by atoms with Gasteiger partial charge in [-0.2, -0.15) is 4.98 Å². The van der Waals surface area contributed by atoms with Crippen LogP contribution in [0.4, 0.5) is 8.78 Å². The first-order valence-electron chi connectivity index (χ1n) is 10.3. The molecule has 0 aliphatic rings. The summed E-state index contributed by atoms with van der Waals surface area (Å²) in [5.74, 6) is -4.56. The van der Waals surface area contributed by atoms with Crippen LogP contribution in [-0.2, 0) is 11.3 Å². The second-order valence-electron chi connectivity index (χ2n) is 7.33. The summed E-state index contributed by atoms with van der Waals surface area (Å²) in [6.07, 6.45) is 0.115. The smallest absolute Gasteiger partial charge is 0.344 e. The van der Waals surface area contributed by atoms with Crippen LogP contribution in [0.3, 0.4) is 0 Å². The Morgan fingerprint density at radius 2 is 1.88 bits per heavy atom. The molecule has 0 amide bonds. The van der Waals surface area contributed by atoms with E-state index in [1.807, 2.05) is 31.2 Å². The van der Waals surface area contributed by atoms with E-state index < -0.39 is 35.5 Å². The van der Waals surface area contributed by atoms with E-state index in [0.717, 1.165) is 17.5 Å². The molecule has 33 heavy (non-hydrogen) atoms. The van der Waals surface area contributed by atoms with Crippen LogP contribution in [0.5, 0.6) is 17.5 Å². The van der Waals surface area contributed by atoms with Gasteiger partial charge in [-0.05, 0) is 53.8 Å². The summed E-state index contributed by atoms with van der Waals surface area (Å²) in [4.78, 5) is 15.2. The highest BCUT2D eigenvalue weighted by Gasteiger charge is 2.23. The molecule has 0 fully saturated rings. The normalized spacial score (nSPS) is 11.8. The van der Waals surface area contributed by atoms with Crippen molar-refractivity contribution in [2.24, 2.45) is 5.73 Å². The second-order valence-corrected chi connectivity index (χ2v) is 7.77. The second kappa shape index (κ2) is 11.1. The Morgan fingerprint density at radius 3 is 2.58 bits per heavy atom. The Labute approximate surface area is 194 Å². The first-order chi connectivity index (χ1) is 15.8. The minimum atomic E-state index is -1.32. The van der Waals surface area contributed by atoms with E-state index in [1.165, 1.54) is 6.07 Å². The monoisotopic (exact) mass is 476 g/mol. The maximum Gasteiger partial charge on any atom is 0.344 e. The van der Waals surface area contributed by atoms with Gasteiger partial charge in [0.1, 0.15) is 5.75 Å². The van der Waals surface area contributed by atoms with Crippen LogP contribution >= 0.6 is 11.6 Å². The number of hydrogen-bond donors (Lipinski definition) is 2. The largest absolute Gasteiger partial charge is 0.479 e. The standard InChI is InChI=1S/C24H23ClF2N2O4/c1-2-3-7-21(24(30)31)33-23-20(27)12-19(26)22(29-23)32-18-10-16(9-17(25)11-18)15-6-4-5-14(8-15)13-28/h4-6,8-12,21H,2-3,7,13,28H2,1H3,(H,30,31). The van der Waals surface area contributed by atoms with Crippen LogP contribution in [0.2, 0.25) is 5.02 Å². The van der Waals surface area contributed by atoms with E-state index >= 15 is 0 Å². The molecule has 1 aromatic heterocycles. The van der Waals surface area contributed by atoms with Crippen molar-refractivity contribution in [3.05, 3.63) is 70.8 Å². The average molecular weight is 477 g/mol. The van der Waals surface area contributed by atoms with Crippen molar-refractivity contribution in [3.63, 3.8) is 0 Å². The first-order valence-corrected chi connectivity index (χ1v) is 10.7. The van der Waals surface area contributed by atoms with E-state index in [9.17, 15) is 18.7 Å². The van der Waals surface area contributed by atoms with Gasteiger partial charge in [-0.15, -0.1) is 0 Å². The molecular formula is C24H23ClF2N2O4. The summed E-state index contributed by atoms with van der Waals surface area (Å²) in [5, 5.41) is 9.64. The van der Waals surface area contributed by atoms with Gasteiger partial charge in [0.05, 0.1) is 0 Å². The maximum atomic E-state index is 14.4. The Balaban J connectivity index is 1.90. The van der Waals surface area contributed by atoms with Gasteiger partial charge in [0.25, 0.3) is 11.8 Å². The third kappa shape index (κ3) is 6.40. The van der Waals surface area contributed by atoms with Crippen molar-refractivity contribution in [3.8, 4) is 28.6 Å². The summed E-state index contributed by atoms with van der Waals surface area (Å²) in [6.45, 7) is 2.24. The molecule has 0 aliphatic carbocycles. The van der Waals surface area contributed by atoms with Gasteiger partial charge in [0.15, 0.2) is 17.7 Å². The molecule has 0 bridgehead atoms. The highest BCUT2D eigenvalue weighted by Crippen LogP contribution is 2.33. The predicted molar refractivity (Wildman–Crippen MR) is 121 cm³/mol. The Kier molecular flexibility index (Phi) is 8.19. The number of ether oxygens (including phenoxy) is 2. The maximum absolute atomic E-state index is 14.4. The Hall–Kier alpha value is -3.23. The van der Waals surface area contributed by atoms with E-state index in [1.54, 1.807) is 12.1 Å². The van der Waals surface area contributed by atoms with Crippen LogP contribution in [0, 0.1) is 11.6 Å². The Bertz CT molecular complexity index is 1140. The molecule has 174 valence electrons. The molecule has 9 heteroatoms. The van der Waals surface area contributed by atoms with E-state index in [0.29, 0.717) is 29.6 Å². The Morgan fingerprint density at radius 1 is 1.12 bits per heavy atom. The number of hydrogen-bond acceptors (Lipinski definition) is 5. The number of carboxylic acids is 1. The van der Waals surface area contributed by atoms with Crippen LogP contribution in [0.15, 0.2) is 48.5 Å². The fraction of sp³-hybridized carbons (Fsp3) is 0.250. The summed E-state index contributed by atoms with van der Waals surface area (Å²) in [7, 11) is 0. The number of pyridine rings is 1. The SMILES string of the molecule is CCCCC(Oc1nc(Oc2cc(Cl)cc(-c3cccc(CN)c3)c2)c(F)cc1F)C(=O)O. The van der Waals surface area contributed by atoms with Gasteiger partial charge in [-0.25, -0.2) is 13.6 Å². The van der Waals surface area contributed by atoms with Crippen molar-refractivity contribution in [1.29, 1.82) is 0 Å². The molecule has 3 aromatic rings. The molecule has 0 saturated heterocycles. The molecule has 0 radical (unpaired) electrons. The lowest BCUT2D eigenvalue weighted by atomic mass is 10.0. The molecule has 1 heterocycles. The number of rotatable bonds is 10. The van der Waals surface area contributed by atoms with Gasteiger partial charge in [-0.1, -0.05) is 43.1 Å². The molecule has 0 saturated carbocycles. The number of carbonyl (C=O) groups is 1. The number of benzene rings is 2. The highest BCUT2D eigenvalue weighted by atomic mass is 35.5. The molecule has 2 aromatic carbocycles. The number of unbranched alkanes of at least 4 members (excludes halogenated alkanes) is 1. The molecule has 3 rings (SSSR count). The lowest BCUT2D eigenvalue weighted by molar-refractivity contribution is -0.145. The molecule has 1 unspecified atom stereocenters. The zero-order valence-electron chi connectivity index (χ0n) is 17.9. The van der Waals surface area contributed by atoms with Crippen molar-refractivity contribution < 1.29 is 28.2 Å². The summed E-state index contributed by atoms with van der Waals surface area (Å²) in [6, 6.07) is 12.8. The quantitative estimate of drug-likeness (QED) is 0.375. The van der Waals surface area contributed by atoms with Crippen molar-refractivity contribution in [2.45, 2.75) is 38.8 Å². The number of halogens is 3. The van der Waals surface area contributed by atoms with E-state index in [2.05, 4.69) is 4.98 Å². The van der Waals surface area contributed by atoms with Crippen LogP contribution in [0.25, 0.3) is 11.1 Å². The van der Waals surface area contributed by atoms with Crippen LogP contribution < -0.4 is 15.2 Å². The van der Waals surface area contributed by atoms with Crippen molar-refractivity contribution >= 4 is 17.6 Å². The third-order valence-corrected chi connectivity index (χ3v) is 5.01. The van der Waals surface area contributed by atoms with Gasteiger partial charge in [0, 0.05) is 17.6 Å². The number of nitrogens with two attached hydrogens (primary N) is 1. The van der Waals surface area contributed by atoms with Gasteiger partial charge < -0.3 is 20.3 Å². The van der Waals surface area contributed by atoms with E-state index in [-0.39, 0.29) is 12.2 Å². The van der Waals surface area contributed by atoms with Gasteiger partial charge in [0.2, 0.25) is 0 Å². The summed E-state index contributed by atoms with van der Waals surface area (Å²) < 4.78 is 39.4. The molecule has 0 spiro atoms. The molecule has 6 nitrogen and oxygen atoms in total. The molecule has 0 aliphatic heterocycles. The molecular weight excluding hydrogens is 454 g/mol. The summed E-state index contributed by atoms with van der Waals surface area (Å²) in [5.41, 5.74) is 8.13. The zero-order valence-corrected chi connectivity index (χ0v) is 18.6. The highest BCUT2D eigenvalue weighted by molar-refractivity contribution is 6.31. The number of nitrogens with zero attached hydrogens (tertiary/aromatic N) is 1. The lowest BCUT2D eigenvalue weighted by Gasteiger charge is -2.16. The van der Waals surface area contributed by atoms with Crippen LogP contribution in [-0.4, -0.2) is 22.2 Å². The molecule has 1 atom stereocenters.